The summed E-state index contributed by atoms with van der Waals surface area (Å²) in [6.45, 7) is 6.19. The van der Waals surface area contributed by atoms with Crippen molar-refractivity contribution in [1.82, 2.24) is 15.5 Å². The summed E-state index contributed by atoms with van der Waals surface area (Å²) in [5, 5.41) is 6.14. The molecule has 0 radical (unpaired) electrons. The molecule has 1 aliphatic rings. The summed E-state index contributed by atoms with van der Waals surface area (Å²) in [6.07, 6.45) is 1.08. The molecule has 5 nitrogen and oxygen atoms in total. The molecule has 0 saturated carbocycles. The molecule has 1 aliphatic heterocycles. The molecule has 1 atom stereocenters. The van der Waals surface area contributed by atoms with E-state index in [-0.39, 0.29) is 35.8 Å². The number of likely N-dealkylation sites (N-methyl/N-ethyl adjacent to an activating group) is 1. The van der Waals surface area contributed by atoms with Crippen LogP contribution in [0.1, 0.15) is 37.0 Å². The van der Waals surface area contributed by atoms with Gasteiger partial charge in [0.1, 0.15) is 11.6 Å². The fraction of sp³-hybridized carbons (Fsp3) is 0.556. The first-order chi connectivity index (χ1) is 11.9. The third-order valence-electron chi connectivity index (χ3n) is 4.45. The number of likely N-dealkylation sites (tertiary alicyclic amines) is 1. The van der Waals surface area contributed by atoms with Gasteiger partial charge in [0.2, 0.25) is 5.91 Å². The lowest BCUT2D eigenvalue weighted by Crippen LogP contribution is -2.45. The molecular weight excluding hydrogens is 364 g/mol. The van der Waals surface area contributed by atoms with Crippen LogP contribution in [0, 0.1) is 17.6 Å². The van der Waals surface area contributed by atoms with E-state index >= 15 is 0 Å². The Morgan fingerprint density at radius 2 is 1.92 bits per heavy atom. The molecule has 146 valence electrons. The lowest BCUT2D eigenvalue weighted by atomic mass is 9.95. The van der Waals surface area contributed by atoms with Crippen LogP contribution in [0.25, 0.3) is 0 Å². The standard InChI is InChI=1S/C18H25F2N3O2.ClH/c1-3-21-12(2)11-22-17(24)13-6-8-23(9-7-13)18(25)15-5-4-14(19)10-16(15)20;/h4-5,10,12-13,21H,3,6-9,11H2,1-2H3,(H,22,24);1H/t12-;/m1./s1. The Bertz CT molecular complexity index is 622. The number of nitrogens with one attached hydrogen (secondary N) is 2. The first-order valence-corrected chi connectivity index (χ1v) is 8.67. The summed E-state index contributed by atoms with van der Waals surface area (Å²) in [4.78, 5) is 26.1. The minimum atomic E-state index is -0.859. The van der Waals surface area contributed by atoms with Gasteiger partial charge < -0.3 is 15.5 Å². The highest BCUT2D eigenvalue weighted by atomic mass is 35.5. The highest BCUT2D eigenvalue weighted by molar-refractivity contribution is 5.94. The second kappa shape index (κ2) is 10.4. The van der Waals surface area contributed by atoms with E-state index in [0.717, 1.165) is 18.7 Å². The minimum absolute atomic E-state index is 0. The van der Waals surface area contributed by atoms with Gasteiger partial charge in [0.05, 0.1) is 5.56 Å². The smallest absolute Gasteiger partial charge is 0.256 e. The molecule has 0 spiro atoms. The lowest BCUT2D eigenvalue weighted by molar-refractivity contribution is -0.126. The van der Waals surface area contributed by atoms with Gasteiger partial charge in [-0.15, -0.1) is 12.4 Å². The van der Waals surface area contributed by atoms with Crippen molar-refractivity contribution in [3.8, 4) is 0 Å². The summed E-state index contributed by atoms with van der Waals surface area (Å²) in [7, 11) is 0. The largest absolute Gasteiger partial charge is 0.354 e. The van der Waals surface area contributed by atoms with Crippen molar-refractivity contribution in [3.05, 3.63) is 35.4 Å². The fourth-order valence-electron chi connectivity index (χ4n) is 3.00. The van der Waals surface area contributed by atoms with Crippen molar-refractivity contribution < 1.29 is 18.4 Å². The number of amides is 2. The van der Waals surface area contributed by atoms with Crippen molar-refractivity contribution >= 4 is 24.2 Å². The van der Waals surface area contributed by atoms with E-state index in [4.69, 9.17) is 0 Å². The zero-order valence-corrected chi connectivity index (χ0v) is 15.9. The molecule has 1 aromatic rings. The highest BCUT2D eigenvalue weighted by Crippen LogP contribution is 2.20. The Morgan fingerprint density at radius 1 is 1.27 bits per heavy atom. The Morgan fingerprint density at radius 3 is 2.50 bits per heavy atom. The molecule has 8 heteroatoms. The van der Waals surface area contributed by atoms with Gasteiger partial charge in [-0.2, -0.15) is 0 Å². The van der Waals surface area contributed by atoms with Crippen molar-refractivity contribution in [2.45, 2.75) is 32.7 Å². The first kappa shape index (κ1) is 22.3. The monoisotopic (exact) mass is 389 g/mol. The molecular formula is C18H26ClF2N3O2. The van der Waals surface area contributed by atoms with Gasteiger partial charge >= 0.3 is 0 Å². The number of benzene rings is 1. The van der Waals surface area contributed by atoms with Crippen molar-refractivity contribution in [1.29, 1.82) is 0 Å². The maximum absolute atomic E-state index is 13.7. The summed E-state index contributed by atoms with van der Waals surface area (Å²) < 4.78 is 26.7. The number of piperidine rings is 1. The van der Waals surface area contributed by atoms with E-state index in [2.05, 4.69) is 10.6 Å². The second-order valence-corrected chi connectivity index (χ2v) is 6.39. The molecule has 1 fully saturated rings. The SMILES string of the molecule is CCN[C@H](C)CNC(=O)C1CCN(C(=O)c2ccc(F)cc2F)CC1.Cl. The average molecular weight is 390 g/mol. The van der Waals surface area contributed by atoms with E-state index in [1.54, 1.807) is 0 Å². The maximum atomic E-state index is 13.7. The number of rotatable bonds is 6. The van der Waals surface area contributed by atoms with Crippen LogP contribution in [-0.4, -0.2) is 48.9 Å². The number of nitrogens with zero attached hydrogens (tertiary/aromatic N) is 1. The van der Waals surface area contributed by atoms with Gasteiger partial charge in [0.15, 0.2) is 0 Å². The van der Waals surface area contributed by atoms with Crippen LogP contribution in [-0.2, 0) is 4.79 Å². The number of carbonyl (C=O) groups is 2. The van der Waals surface area contributed by atoms with Crippen LogP contribution in [0.4, 0.5) is 8.78 Å². The topological polar surface area (TPSA) is 61.4 Å². The number of hydrogen-bond donors (Lipinski definition) is 2. The van der Waals surface area contributed by atoms with Crippen molar-refractivity contribution in [3.63, 3.8) is 0 Å². The molecule has 0 aromatic heterocycles. The van der Waals surface area contributed by atoms with E-state index in [9.17, 15) is 18.4 Å². The number of carbonyl (C=O) groups excluding carboxylic acids is 2. The quantitative estimate of drug-likeness (QED) is 0.785. The summed E-state index contributed by atoms with van der Waals surface area (Å²) in [5.74, 6) is -2.18. The molecule has 2 amide bonds. The van der Waals surface area contributed by atoms with Crippen LogP contribution in [0.5, 0.6) is 0 Å². The molecule has 26 heavy (non-hydrogen) atoms. The van der Waals surface area contributed by atoms with Crippen LogP contribution in [0.3, 0.4) is 0 Å². The van der Waals surface area contributed by atoms with Gasteiger partial charge in [-0.25, -0.2) is 8.78 Å². The van der Waals surface area contributed by atoms with Crippen molar-refractivity contribution in [2.75, 3.05) is 26.2 Å². The first-order valence-electron chi connectivity index (χ1n) is 8.67. The molecule has 1 saturated heterocycles. The fourth-order valence-corrected chi connectivity index (χ4v) is 3.00. The zero-order valence-electron chi connectivity index (χ0n) is 15.1. The predicted molar refractivity (Wildman–Crippen MR) is 98.4 cm³/mol. The summed E-state index contributed by atoms with van der Waals surface area (Å²) in [6, 6.07) is 3.14. The summed E-state index contributed by atoms with van der Waals surface area (Å²) in [5.41, 5.74) is -0.135. The second-order valence-electron chi connectivity index (χ2n) is 6.39. The molecule has 2 N–H and O–H groups in total. The molecule has 0 unspecified atom stereocenters. The van der Waals surface area contributed by atoms with Gasteiger partial charge in [-0.05, 0) is 38.4 Å². The zero-order chi connectivity index (χ0) is 18.4. The molecule has 0 bridgehead atoms. The Kier molecular flexibility index (Phi) is 8.95. The third-order valence-corrected chi connectivity index (χ3v) is 4.45. The molecule has 1 aromatic carbocycles. The Hall–Kier alpha value is -1.73. The summed E-state index contributed by atoms with van der Waals surface area (Å²) >= 11 is 0. The normalized spacial score (nSPS) is 15.9. The van der Waals surface area contributed by atoms with Crippen LogP contribution < -0.4 is 10.6 Å². The van der Waals surface area contributed by atoms with Crippen LogP contribution >= 0.6 is 12.4 Å². The lowest BCUT2D eigenvalue weighted by Gasteiger charge is -2.31. The third kappa shape index (κ3) is 5.92. The van der Waals surface area contributed by atoms with E-state index in [1.807, 2.05) is 13.8 Å². The molecule has 0 aliphatic carbocycles. The van der Waals surface area contributed by atoms with E-state index in [0.29, 0.717) is 38.5 Å². The van der Waals surface area contributed by atoms with Gasteiger partial charge in [-0.3, -0.25) is 9.59 Å². The average Bonchev–Trinajstić information content (AvgIpc) is 2.59. The highest BCUT2D eigenvalue weighted by Gasteiger charge is 2.28. The van der Waals surface area contributed by atoms with Crippen LogP contribution in [0.15, 0.2) is 18.2 Å². The van der Waals surface area contributed by atoms with E-state index in [1.165, 1.54) is 4.90 Å². The Labute approximate surface area is 158 Å². The van der Waals surface area contributed by atoms with Crippen molar-refractivity contribution in [2.24, 2.45) is 5.92 Å². The number of hydrogen-bond acceptors (Lipinski definition) is 3. The maximum Gasteiger partial charge on any atom is 0.256 e. The van der Waals surface area contributed by atoms with Gasteiger partial charge in [0, 0.05) is 37.7 Å². The Balaban J connectivity index is 0.00000338. The molecule has 2 rings (SSSR count). The van der Waals surface area contributed by atoms with E-state index < -0.39 is 17.5 Å². The van der Waals surface area contributed by atoms with Crippen LogP contribution in [0.2, 0.25) is 0 Å². The molecule has 1 heterocycles. The minimum Gasteiger partial charge on any atom is -0.354 e. The predicted octanol–water partition coefficient (Wildman–Crippen LogP) is 2.35. The van der Waals surface area contributed by atoms with Gasteiger partial charge in [-0.1, -0.05) is 6.92 Å². The van der Waals surface area contributed by atoms with Gasteiger partial charge in [0.25, 0.3) is 5.91 Å². The number of halogens is 3.